The Hall–Kier alpha value is -3.86. The summed E-state index contributed by atoms with van der Waals surface area (Å²) < 4.78 is 1.92. The number of aromatic nitrogens is 1. The van der Waals surface area contributed by atoms with Gasteiger partial charge in [-0.15, -0.1) is 0 Å². The summed E-state index contributed by atoms with van der Waals surface area (Å²) in [6, 6.07) is 28.4. The van der Waals surface area contributed by atoms with E-state index in [1.807, 2.05) is 64.1 Å². The van der Waals surface area contributed by atoms with Crippen molar-refractivity contribution < 1.29 is 14.7 Å². The summed E-state index contributed by atoms with van der Waals surface area (Å²) in [5.74, 6) is -0.765. The van der Waals surface area contributed by atoms with E-state index in [1.165, 1.54) is 5.56 Å². The third-order valence-electron chi connectivity index (χ3n) is 7.06. The maximum absolute atomic E-state index is 13.9. The van der Waals surface area contributed by atoms with Gasteiger partial charge in [0.25, 0.3) is 0 Å². The second-order valence-electron chi connectivity index (χ2n) is 9.34. The standard InChI is InChI=1S/C30H30N2O3/c33-29(34)21-32-27-14-8-7-13-25(27)26-19-24(15-16-28(26)32)30(35)31(20-23-11-5-2-6-12-23)18-17-22-9-3-1-4-10-22/h1-14,24H,15-21H2,(H,33,34). The average Bonchev–Trinajstić information content (AvgIpc) is 3.20. The highest BCUT2D eigenvalue weighted by atomic mass is 16.4. The lowest BCUT2D eigenvalue weighted by Crippen LogP contribution is -2.39. The van der Waals surface area contributed by atoms with Crippen molar-refractivity contribution in [2.24, 2.45) is 5.92 Å². The van der Waals surface area contributed by atoms with Crippen LogP contribution in [0.1, 0.15) is 28.8 Å². The molecular weight excluding hydrogens is 436 g/mol. The molecule has 4 aromatic rings. The first-order valence-electron chi connectivity index (χ1n) is 12.3. The molecule has 3 aromatic carbocycles. The Balaban J connectivity index is 1.41. The highest BCUT2D eigenvalue weighted by Crippen LogP contribution is 2.35. The van der Waals surface area contributed by atoms with Gasteiger partial charge in [0, 0.05) is 35.6 Å². The van der Waals surface area contributed by atoms with E-state index < -0.39 is 5.97 Å². The van der Waals surface area contributed by atoms with Crippen LogP contribution in [0.15, 0.2) is 84.9 Å². The van der Waals surface area contributed by atoms with E-state index in [0.29, 0.717) is 25.9 Å². The molecule has 35 heavy (non-hydrogen) atoms. The second-order valence-corrected chi connectivity index (χ2v) is 9.34. The highest BCUT2D eigenvalue weighted by molar-refractivity contribution is 5.88. The number of carbonyl (C=O) groups excluding carboxylic acids is 1. The van der Waals surface area contributed by atoms with Gasteiger partial charge in [0.1, 0.15) is 6.54 Å². The van der Waals surface area contributed by atoms with Gasteiger partial charge in [-0.25, -0.2) is 0 Å². The first-order valence-corrected chi connectivity index (χ1v) is 12.3. The number of carboxylic acids is 1. The van der Waals surface area contributed by atoms with Crippen LogP contribution >= 0.6 is 0 Å². The fourth-order valence-electron chi connectivity index (χ4n) is 5.37. The fourth-order valence-corrected chi connectivity index (χ4v) is 5.37. The molecule has 0 bridgehead atoms. The maximum Gasteiger partial charge on any atom is 0.323 e. The maximum atomic E-state index is 13.9. The molecule has 1 amide bonds. The normalized spacial score (nSPS) is 15.0. The van der Waals surface area contributed by atoms with Crippen LogP contribution < -0.4 is 0 Å². The molecule has 1 heterocycles. The SMILES string of the molecule is O=C(O)Cn1c2c(c3ccccc31)CC(C(=O)N(CCc1ccccc1)Cc1ccccc1)CC2. The van der Waals surface area contributed by atoms with Crippen LogP contribution in [-0.2, 0) is 41.9 Å². The van der Waals surface area contributed by atoms with E-state index in [9.17, 15) is 14.7 Å². The summed E-state index contributed by atoms with van der Waals surface area (Å²) in [6.07, 6.45) is 2.91. The topological polar surface area (TPSA) is 62.5 Å². The van der Waals surface area contributed by atoms with Crippen LogP contribution in [0.5, 0.6) is 0 Å². The summed E-state index contributed by atoms with van der Waals surface area (Å²) in [5.41, 5.74) is 5.49. The molecule has 5 heteroatoms. The number of hydrogen-bond donors (Lipinski definition) is 1. The van der Waals surface area contributed by atoms with Crippen LogP contribution in [0.25, 0.3) is 10.9 Å². The molecular formula is C30H30N2O3. The van der Waals surface area contributed by atoms with Crippen molar-refractivity contribution in [3.05, 3.63) is 107 Å². The Labute approximate surface area is 205 Å². The third-order valence-corrected chi connectivity index (χ3v) is 7.06. The van der Waals surface area contributed by atoms with Crippen molar-refractivity contribution in [2.45, 2.75) is 38.8 Å². The summed E-state index contributed by atoms with van der Waals surface area (Å²) in [4.78, 5) is 27.4. The smallest absolute Gasteiger partial charge is 0.323 e. The molecule has 0 radical (unpaired) electrons. The zero-order chi connectivity index (χ0) is 24.2. The van der Waals surface area contributed by atoms with Gasteiger partial charge in [-0.1, -0.05) is 78.9 Å². The minimum absolute atomic E-state index is 0.0499. The van der Waals surface area contributed by atoms with Gasteiger partial charge in [-0.2, -0.15) is 0 Å². The first-order chi connectivity index (χ1) is 17.1. The Morgan fingerprint density at radius 1 is 0.886 bits per heavy atom. The summed E-state index contributed by atoms with van der Waals surface area (Å²) >= 11 is 0. The van der Waals surface area contributed by atoms with Gasteiger partial charge in [0.2, 0.25) is 5.91 Å². The Morgan fingerprint density at radius 2 is 1.54 bits per heavy atom. The molecule has 1 atom stereocenters. The number of hydrogen-bond acceptors (Lipinski definition) is 2. The molecule has 178 valence electrons. The lowest BCUT2D eigenvalue weighted by atomic mass is 9.85. The molecule has 5 nitrogen and oxygen atoms in total. The number of carbonyl (C=O) groups is 2. The largest absolute Gasteiger partial charge is 0.480 e. The number of para-hydroxylation sites is 1. The molecule has 1 unspecified atom stereocenters. The van der Waals surface area contributed by atoms with Crippen molar-refractivity contribution >= 4 is 22.8 Å². The summed E-state index contributed by atoms with van der Waals surface area (Å²) in [5, 5.41) is 10.5. The van der Waals surface area contributed by atoms with Gasteiger partial charge in [0.15, 0.2) is 0 Å². The molecule has 1 N–H and O–H groups in total. The number of nitrogens with zero attached hydrogens (tertiary/aromatic N) is 2. The highest BCUT2D eigenvalue weighted by Gasteiger charge is 2.32. The average molecular weight is 467 g/mol. The second kappa shape index (κ2) is 10.2. The van der Waals surface area contributed by atoms with Crippen LogP contribution in [-0.4, -0.2) is 33.0 Å². The predicted octanol–water partition coefficient (Wildman–Crippen LogP) is 5.10. The molecule has 1 aromatic heterocycles. The van der Waals surface area contributed by atoms with E-state index in [0.717, 1.165) is 40.6 Å². The zero-order valence-electron chi connectivity index (χ0n) is 19.8. The van der Waals surface area contributed by atoms with Crippen LogP contribution in [0.3, 0.4) is 0 Å². The number of amides is 1. The molecule has 0 fully saturated rings. The minimum atomic E-state index is -0.846. The Kier molecular flexibility index (Phi) is 6.66. The number of carboxylic acid groups (broad SMARTS) is 1. The van der Waals surface area contributed by atoms with Crippen molar-refractivity contribution in [1.29, 1.82) is 0 Å². The molecule has 0 spiro atoms. The van der Waals surface area contributed by atoms with Gasteiger partial charge in [0.05, 0.1) is 0 Å². The van der Waals surface area contributed by atoms with Gasteiger partial charge in [-0.05, 0) is 48.4 Å². The van der Waals surface area contributed by atoms with E-state index in [1.54, 1.807) is 0 Å². The molecule has 1 aliphatic rings. The summed E-state index contributed by atoms with van der Waals surface area (Å²) in [7, 11) is 0. The number of benzene rings is 3. The van der Waals surface area contributed by atoms with Crippen LogP contribution in [0.4, 0.5) is 0 Å². The van der Waals surface area contributed by atoms with Crippen molar-refractivity contribution in [2.75, 3.05) is 6.54 Å². The molecule has 0 aliphatic heterocycles. The van der Waals surface area contributed by atoms with Crippen molar-refractivity contribution in [3.8, 4) is 0 Å². The quantitative estimate of drug-likeness (QED) is 0.393. The molecule has 0 saturated heterocycles. The lowest BCUT2D eigenvalue weighted by molar-refractivity contribution is -0.138. The third kappa shape index (κ3) is 4.99. The van der Waals surface area contributed by atoms with Crippen LogP contribution in [0, 0.1) is 5.92 Å². The Bertz CT molecular complexity index is 1330. The van der Waals surface area contributed by atoms with Crippen LogP contribution in [0.2, 0.25) is 0 Å². The van der Waals surface area contributed by atoms with Crippen molar-refractivity contribution in [3.63, 3.8) is 0 Å². The van der Waals surface area contributed by atoms with Gasteiger partial charge < -0.3 is 14.6 Å². The lowest BCUT2D eigenvalue weighted by Gasteiger charge is -2.30. The Morgan fingerprint density at radius 3 is 2.26 bits per heavy atom. The van der Waals surface area contributed by atoms with E-state index >= 15 is 0 Å². The van der Waals surface area contributed by atoms with Gasteiger partial charge in [-0.3, -0.25) is 9.59 Å². The number of fused-ring (bicyclic) bond motifs is 3. The molecule has 5 rings (SSSR count). The number of aliphatic carboxylic acids is 1. The van der Waals surface area contributed by atoms with E-state index in [4.69, 9.17) is 0 Å². The first kappa shape index (κ1) is 22.9. The minimum Gasteiger partial charge on any atom is -0.480 e. The van der Waals surface area contributed by atoms with E-state index in [2.05, 4.69) is 30.3 Å². The molecule has 1 aliphatic carbocycles. The summed E-state index contributed by atoms with van der Waals surface area (Å²) in [6.45, 7) is 1.21. The monoisotopic (exact) mass is 466 g/mol. The van der Waals surface area contributed by atoms with Gasteiger partial charge >= 0.3 is 5.97 Å². The van der Waals surface area contributed by atoms with E-state index in [-0.39, 0.29) is 18.4 Å². The zero-order valence-corrected chi connectivity index (χ0v) is 19.8. The van der Waals surface area contributed by atoms with Crippen molar-refractivity contribution in [1.82, 2.24) is 9.47 Å². The predicted molar refractivity (Wildman–Crippen MR) is 137 cm³/mol. The fraction of sp³-hybridized carbons (Fsp3) is 0.267. The number of rotatable bonds is 8. The molecule has 0 saturated carbocycles.